The number of carbonyl (C=O) groups excluding carboxylic acids is 1. The number of nitrogens with one attached hydrogen (secondary N) is 1. The normalized spacial score (nSPS) is 13.5. The second-order valence-corrected chi connectivity index (χ2v) is 5.57. The molecule has 1 amide bonds. The van der Waals surface area contributed by atoms with Gasteiger partial charge in [-0.2, -0.15) is 5.10 Å². The molecule has 0 saturated heterocycles. The quantitative estimate of drug-likeness (QED) is 0.833. The summed E-state index contributed by atoms with van der Waals surface area (Å²) in [5.41, 5.74) is 8.27. The number of hydrogen-bond donors (Lipinski definition) is 2. The van der Waals surface area contributed by atoms with Crippen LogP contribution in [0.1, 0.15) is 37.7 Å². The number of nitrogens with two attached hydrogens (primary N) is 1. The van der Waals surface area contributed by atoms with E-state index in [0.29, 0.717) is 0 Å². The average Bonchev–Trinajstić information content (AvgIpc) is 2.43. The topological polar surface area (TPSA) is 72.9 Å². The number of carbonyl (C=O) groups is 1. The molecule has 18 heavy (non-hydrogen) atoms. The van der Waals surface area contributed by atoms with Gasteiger partial charge in [0.15, 0.2) is 0 Å². The van der Waals surface area contributed by atoms with Crippen LogP contribution in [0.2, 0.25) is 0 Å². The standard InChI is InChI=1S/C13H24N4O/c1-8(15-12(18)13(4,5)14)7-11-9(2)16-17(6)10(11)3/h8H,7,14H2,1-6H3,(H,15,18). The fourth-order valence-electron chi connectivity index (χ4n) is 1.88. The molecule has 0 fully saturated rings. The van der Waals surface area contributed by atoms with Gasteiger partial charge in [0.25, 0.3) is 0 Å². The Labute approximate surface area is 109 Å². The Morgan fingerprint density at radius 1 is 1.50 bits per heavy atom. The molecule has 0 aliphatic carbocycles. The third-order valence-corrected chi connectivity index (χ3v) is 3.13. The first-order chi connectivity index (χ1) is 8.12. The molecule has 5 heteroatoms. The second kappa shape index (κ2) is 5.10. The molecule has 3 N–H and O–H groups in total. The summed E-state index contributed by atoms with van der Waals surface area (Å²) < 4.78 is 1.87. The highest BCUT2D eigenvalue weighted by atomic mass is 16.2. The Hall–Kier alpha value is -1.36. The Morgan fingerprint density at radius 3 is 2.44 bits per heavy atom. The van der Waals surface area contributed by atoms with Crippen LogP contribution in [0.3, 0.4) is 0 Å². The van der Waals surface area contributed by atoms with Crippen molar-refractivity contribution in [3.8, 4) is 0 Å². The van der Waals surface area contributed by atoms with Crippen LogP contribution in [-0.4, -0.2) is 27.3 Å². The van der Waals surface area contributed by atoms with Crippen LogP contribution in [0, 0.1) is 13.8 Å². The van der Waals surface area contributed by atoms with Gasteiger partial charge in [0.1, 0.15) is 0 Å². The van der Waals surface area contributed by atoms with E-state index in [1.165, 1.54) is 5.56 Å². The van der Waals surface area contributed by atoms with Crippen molar-refractivity contribution < 1.29 is 4.79 Å². The third kappa shape index (κ3) is 3.32. The average molecular weight is 252 g/mol. The molecule has 0 aliphatic heterocycles. The minimum Gasteiger partial charge on any atom is -0.352 e. The zero-order valence-corrected chi connectivity index (χ0v) is 12.2. The van der Waals surface area contributed by atoms with Gasteiger partial charge in [-0.05, 0) is 46.6 Å². The first kappa shape index (κ1) is 14.7. The summed E-state index contributed by atoms with van der Waals surface area (Å²) in [6.45, 7) is 9.42. The van der Waals surface area contributed by atoms with Crippen molar-refractivity contribution in [3.05, 3.63) is 17.0 Å². The molecule has 0 radical (unpaired) electrons. The number of rotatable bonds is 4. The first-order valence-corrected chi connectivity index (χ1v) is 6.22. The second-order valence-electron chi connectivity index (χ2n) is 5.57. The maximum absolute atomic E-state index is 11.8. The number of nitrogens with zero attached hydrogens (tertiary/aromatic N) is 2. The summed E-state index contributed by atoms with van der Waals surface area (Å²) in [7, 11) is 1.93. The SMILES string of the molecule is Cc1nn(C)c(C)c1CC(C)NC(=O)C(C)(C)N. The van der Waals surface area contributed by atoms with Crippen molar-refractivity contribution in [1.82, 2.24) is 15.1 Å². The lowest BCUT2D eigenvalue weighted by Gasteiger charge is -2.22. The van der Waals surface area contributed by atoms with Crippen LogP contribution in [0.25, 0.3) is 0 Å². The van der Waals surface area contributed by atoms with E-state index in [2.05, 4.69) is 10.4 Å². The molecule has 1 aromatic rings. The van der Waals surface area contributed by atoms with Gasteiger partial charge in [0.2, 0.25) is 5.91 Å². The molecule has 1 heterocycles. The highest BCUT2D eigenvalue weighted by molar-refractivity contribution is 5.85. The van der Waals surface area contributed by atoms with E-state index in [1.54, 1.807) is 13.8 Å². The van der Waals surface area contributed by atoms with Gasteiger partial charge in [-0.1, -0.05) is 0 Å². The number of amides is 1. The highest BCUT2D eigenvalue weighted by Crippen LogP contribution is 2.14. The molecule has 1 rings (SSSR count). The van der Waals surface area contributed by atoms with Crippen molar-refractivity contribution in [1.29, 1.82) is 0 Å². The zero-order chi connectivity index (χ0) is 14.1. The summed E-state index contributed by atoms with van der Waals surface area (Å²) in [5.74, 6) is -0.130. The van der Waals surface area contributed by atoms with Crippen LogP contribution >= 0.6 is 0 Å². The summed E-state index contributed by atoms with van der Waals surface area (Å²) in [5, 5.41) is 7.30. The van der Waals surface area contributed by atoms with E-state index in [-0.39, 0.29) is 11.9 Å². The van der Waals surface area contributed by atoms with Gasteiger partial charge < -0.3 is 11.1 Å². The zero-order valence-electron chi connectivity index (χ0n) is 12.2. The van der Waals surface area contributed by atoms with Gasteiger partial charge in [-0.15, -0.1) is 0 Å². The van der Waals surface area contributed by atoms with Crippen molar-refractivity contribution in [3.63, 3.8) is 0 Å². The minimum absolute atomic E-state index is 0.0434. The molecule has 1 aromatic heterocycles. The lowest BCUT2D eigenvalue weighted by atomic mass is 10.0. The lowest BCUT2D eigenvalue weighted by molar-refractivity contribution is -0.125. The Kier molecular flexibility index (Phi) is 4.16. The molecule has 1 unspecified atom stereocenters. The Morgan fingerprint density at radius 2 is 2.06 bits per heavy atom. The van der Waals surface area contributed by atoms with Crippen LogP contribution in [0.5, 0.6) is 0 Å². The third-order valence-electron chi connectivity index (χ3n) is 3.13. The summed E-state index contributed by atoms with van der Waals surface area (Å²) in [6.07, 6.45) is 0.771. The molecule has 0 bridgehead atoms. The summed E-state index contributed by atoms with van der Waals surface area (Å²) >= 11 is 0. The van der Waals surface area contributed by atoms with Crippen LogP contribution in [-0.2, 0) is 18.3 Å². The lowest BCUT2D eigenvalue weighted by Crippen LogP contribution is -2.52. The van der Waals surface area contributed by atoms with E-state index >= 15 is 0 Å². The minimum atomic E-state index is -0.840. The molecule has 0 spiro atoms. The van der Waals surface area contributed by atoms with Crippen molar-refractivity contribution in [2.24, 2.45) is 12.8 Å². The van der Waals surface area contributed by atoms with E-state index in [0.717, 1.165) is 17.8 Å². The van der Waals surface area contributed by atoms with E-state index < -0.39 is 5.54 Å². The fourth-order valence-corrected chi connectivity index (χ4v) is 1.88. The van der Waals surface area contributed by atoms with Crippen molar-refractivity contribution in [2.75, 3.05) is 0 Å². The summed E-state index contributed by atoms with van der Waals surface area (Å²) in [4.78, 5) is 11.8. The van der Waals surface area contributed by atoms with Gasteiger partial charge in [0.05, 0.1) is 11.2 Å². The van der Waals surface area contributed by atoms with E-state index in [9.17, 15) is 4.79 Å². The Balaban J connectivity index is 2.71. The largest absolute Gasteiger partial charge is 0.352 e. The van der Waals surface area contributed by atoms with E-state index in [4.69, 9.17) is 5.73 Å². The molecule has 0 saturated carbocycles. The fraction of sp³-hybridized carbons (Fsp3) is 0.692. The van der Waals surface area contributed by atoms with Gasteiger partial charge in [0, 0.05) is 18.8 Å². The first-order valence-electron chi connectivity index (χ1n) is 6.22. The predicted octanol–water partition coefficient (Wildman–Crippen LogP) is 0.821. The van der Waals surface area contributed by atoms with Crippen molar-refractivity contribution in [2.45, 2.75) is 52.6 Å². The predicted molar refractivity (Wildman–Crippen MR) is 72.3 cm³/mol. The number of hydrogen-bond acceptors (Lipinski definition) is 3. The molecular formula is C13H24N4O. The molecular weight excluding hydrogens is 228 g/mol. The number of aryl methyl sites for hydroxylation is 2. The van der Waals surface area contributed by atoms with Crippen LogP contribution in [0.4, 0.5) is 0 Å². The summed E-state index contributed by atoms with van der Waals surface area (Å²) in [6, 6.07) is 0.0434. The van der Waals surface area contributed by atoms with Gasteiger partial charge in [-0.25, -0.2) is 0 Å². The maximum Gasteiger partial charge on any atom is 0.239 e. The van der Waals surface area contributed by atoms with E-state index in [1.807, 2.05) is 32.5 Å². The number of aromatic nitrogens is 2. The molecule has 102 valence electrons. The van der Waals surface area contributed by atoms with Crippen molar-refractivity contribution >= 4 is 5.91 Å². The Bertz CT molecular complexity index is 443. The smallest absolute Gasteiger partial charge is 0.239 e. The molecule has 1 atom stereocenters. The van der Waals surface area contributed by atoms with Gasteiger partial charge >= 0.3 is 0 Å². The molecule has 0 aromatic carbocycles. The van der Waals surface area contributed by atoms with Gasteiger partial charge in [-0.3, -0.25) is 9.48 Å². The monoisotopic (exact) mass is 252 g/mol. The highest BCUT2D eigenvalue weighted by Gasteiger charge is 2.23. The molecule has 0 aliphatic rings. The van der Waals surface area contributed by atoms with Crippen LogP contribution in [0.15, 0.2) is 0 Å². The maximum atomic E-state index is 11.8. The van der Waals surface area contributed by atoms with Crippen LogP contribution < -0.4 is 11.1 Å². The molecule has 5 nitrogen and oxygen atoms in total.